The summed E-state index contributed by atoms with van der Waals surface area (Å²) in [6.45, 7) is 7.38. The number of rotatable bonds is 6. The van der Waals surface area contributed by atoms with Crippen molar-refractivity contribution in [2.24, 2.45) is 0 Å². The van der Waals surface area contributed by atoms with Crippen molar-refractivity contribution in [2.45, 2.75) is 39.7 Å². The van der Waals surface area contributed by atoms with Crippen LogP contribution in [0.3, 0.4) is 0 Å². The van der Waals surface area contributed by atoms with Crippen LogP contribution in [0.2, 0.25) is 0 Å². The van der Waals surface area contributed by atoms with Gasteiger partial charge in [-0.3, -0.25) is 9.69 Å². The standard InChI is InChI=1S/C17H24N2O5/c1-5-9-19(16(23)24-17(2,3)4)11-14(20)18-13-8-6-7-12(10-13)15(21)22/h6-8,10H,5,9,11H2,1-4H3,(H,18,20)(H,21,22). The molecule has 0 saturated carbocycles. The molecule has 24 heavy (non-hydrogen) atoms. The number of nitrogens with zero attached hydrogens (tertiary/aromatic N) is 1. The number of benzene rings is 1. The van der Waals surface area contributed by atoms with Crippen LogP contribution in [0.15, 0.2) is 24.3 Å². The van der Waals surface area contributed by atoms with Crippen molar-refractivity contribution in [3.63, 3.8) is 0 Å². The average Bonchev–Trinajstić information content (AvgIpc) is 2.45. The number of aromatic carboxylic acids is 1. The van der Waals surface area contributed by atoms with Gasteiger partial charge in [0.15, 0.2) is 0 Å². The summed E-state index contributed by atoms with van der Waals surface area (Å²) in [6, 6.07) is 5.92. The van der Waals surface area contributed by atoms with Crippen LogP contribution in [0.5, 0.6) is 0 Å². The number of carboxylic acid groups (broad SMARTS) is 1. The summed E-state index contributed by atoms with van der Waals surface area (Å²) in [4.78, 5) is 36.5. The van der Waals surface area contributed by atoms with E-state index in [1.807, 2.05) is 6.92 Å². The minimum absolute atomic E-state index is 0.0744. The van der Waals surface area contributed by atoms with Gasteiger partial charge in [0.05, 0.1) is 5.56 Å². The Morgan fingerprint density at radius 3 is 2.46 bits per heavy atom. The smallest absolute Gasteiger partial charge is 0.410 e. The molecule has 0 unspecified atom stereocenters. The molecule has 7 heteroatoms. The SMILES string of the molecule is CCCN(CC(=O)Nc1cccc(C(=O)O)c1)C(=O)OC(C)(C)C. The van der Waals surface area contributed by atoms with Crippen molar-refractivity contribution in [1.29, 1.82) is 0 Å². The first kappa shape index (κ1) is 19.5. The Bertz CT molecular complexity index is 607. The third kappa shape index (κ3) is 6.68. The van der Waals surface area contributed by atoms with Crippen LogP contribution in [-0.4, -0.2) is 46.7 Å². The van der Waals surface area contributed by atoms with E-state index in [1.165, 1.54) is 23.1 Å². The summed E-state index contributed by atoms with van der Waals surface area (Å²) >= 11 is 0. The molecule has 0 radical (unpaired) electrons. The Balaban J connectivity index is 2.73. The maximum absolute atomic E-state index is 12.1. The number of carbonyl (C=O) groups excluding carboxylic acids is 2. The largest absolute Gasteiger partial charge is 0.478 e. The Hall–Kier alpha value is -2.57. The molecule has 0 saturated heterocycles. The zero-order chi connectivity index (χ0) is 18.3. The second kappa shape index (κ2) is 8.33. The maximum Gasteiger partial charge on any atom is 0.410 e. The van der Waals surface area contributed by atoms with Crippen LogP contribution >= 0.6 is 0 Å². The average molecular weight is 336 g/mol. The molecule has 0 aliphatic rings. The van der Waals surface area contributed by atoms with Crippen molar-refractivity contribution >= 4 is 23.7 Å². The van der Waals surface area contributed by atoms with Gasteiger partial charge in [-0.25, -0.2) is 9.59 Å². The number of hydrogen-bond acceptors (Lipinski definition) is 4. The van der Waals surface area contributed by atoms with E-state index in [2.05, 4.69) is 5.32 Å². The summed E-state index contributed by atoms with van der Waals surface area (Å²) in [7, 11) is 0. The van der Waals surface area contributed by atoms with Crippen LogP contribution < -0.4 is 5.32 Å². The van der Waals surface area contributed by atoms with E-state index in [1.54, 1.807) is 26.8 Å². The fourth-order valence-corrected chi connectivity index (χ4v) is 1.94. The van der Waals surface area contributed by atoms with Gasteiger partial charge in [0.1, 0.15) is 12.1 Å². The molecule has 1 aromatic carbocycles. The Morgan fingerprint density at radius 2 is 1.92 bits per heavy atom. The summed E-state index contributed by atoms with van der Waals surface area (Å²) in [5.74, 6) is -1.50. The van der Waals surface area contributed by atoms with Gasteiger partial charge in [-0.15, -0.1) is 0 Å². The minimum Gasteiger partial charge on any atom is -0.478 e. The summed E-state index contributed by atoms with van der Waals surface area (Å²) in [6.07, 6.45) is 0.125. The fourth-order valence-electron chi connectivity index (χ4n) is 1.94. The number of amides is 2. The normalized spacial score (nSPS) is 10.8. The zero-order valence-electron chi connectivity index (χ0n) is 14.5. The van der Waals surface area contributed by atoms with Gasteiger partial charge < -0.3 is 15.2 Å². The van der Waals surface area contributed by atoms with E-state index < -0.39 is 23.6 Å². The molecule has 0 aliphatic heterocycles. The molecule has 1 aromatic rings. The number of hydrogen-bond donors (Lipinski definition) is 2. The van der Waals surface area contributed by atoms with E-state index >= 15 is 0 Å². The molecular weight excluding hydrogens is 312 g/mol. The lowest BCUT2D eigenvalue weighted by atomic mass is 10.2. The molecule has 0 atom stereocenters. The van der Waals surface area contributed by atoms with E-state index in [4.69, 9.17) is 9.84 Å². The van der Waals surface area contributed by atoms with Crippen molar-refractivity contribution < 1.29 is 24.2 Å². The monoisotopic (exact) mass is 336 g/mol. The third-order valence-corrected chi connectivity index (χ3v) is 2.87. The molecular formula is C17H24N2O5. The van der Waals surface area contributed by atoms with Gasteiger partial charge in [0.2, 0.25) is 5.91 Å². The molecule has 0 spiro atoms. The first-order valence-corrected chi connectivity index (χ1v) is 7.73. The van der Waals surface area contributed by atoms with Crippen molar-refractivity contribution in [2.75, 3.05) is 18.4 Å². The Labute approximate surface area is 141 Å². The molecule has 1 rings (SSSR count). The first-order chi connectivity index (χ1) is 11.1. The molecule has 132 valence electrons. The molecule has 0 aliphatic carbocycles. The van der Waals surface area contributed by atoms with E-state index in [0.717, 1.165) is 0 Å². The zero-order valence-corrected chi connectivity index (χ0v) is 14.5. The van der Waals surface area contributed by atoms with Crippen molar-refractivity contribution in [3.8, 4) is 0 Å². The van der Waals surface area contributed by atoms with Crippen LogP contribution in [0, 0.1) is 0 Å². The molecule has 0 fully saturated rings. The molecule has 0 bridgehead atoms. The van der Waals surface area contributed by atoms with Crippen LogP contribution in [0.25, 0.3) is 0 Å². The Morgan fingerprint density at radius 1 is 1.25 bits per heavy atom. The predicted molar refractivity (Wildman–Crippen MR) is 90.1 cm³/mol. The highest BCUT2D eigenvalue weighted by Gasteiger charge is 2.23. The highest BCUT2D eigenvalue weighted by Crippen LogP contribution is 2.12. The molecule has 2 N–H and O–H groups in total. The van der Waals surface area contributed by atoms with Crippen LogP contribution in [0.1, 0.15) is 44.5 Å². The highest BCUT2D eigenvalue weighted by molar-refractivity contribution is 5.95. The second-order valence-corrected chi connectivity index (χ2v) is 6.34. The van der Waals surface area contributed by atoms with Gasteiger partial charge in [0, 0.05) is 12.2 Å². The molecule has 7 nitrogen and oxygen atoms in total. The topological polar surface area (TPSA) is 95.9 Å². The summed E-state index contributed by atoms with van der Waals surface area (Å²) in [5.41, 5.74) is -0.207. The number of nitrogens with one attached hydrogen (secondary N) is 1. The third-order valence-electron chi connectivity index (χ3n) is 2.87. The van der Waals surface area contributed by atoms with Gasteiger partial charge in [-0.1, -0.05) is 13.0 Å². The van der Waals surface area contributed by atoms with E-state index in [-0.39, 0.29) is 12.1 Å². The fraction of sp³-hybridized carbons (Fsp3) is 0.471. The number of anilines is 1. The van der Waals surface area contributed by atoms with Crippen molar-refractivity contribution in [3.05, 3.63) is 29.8 Å². The summed E-state index contributed by atoms with van der Waals surface area (Å²) < 4.78 is 5.28. The quantitative estimate of drug-likeness (QED) is 0.832. The van der Waals surface area contributed by atoms with E-state index in [0.29, 0.717) is 18.7 Å². The van der Waals surface area contributed by atoms with E-state index in [9.17, 15) is 14.4 Å². The van der Waals surface area contributed by atoms with Crippen LogP contribution in [-0.2, 0) is 9.53 Å². The molecule has 0 aromatic heterocycles. The van der Waals surface area contributed by atoms with Crippen molar-refractivity contribution in [1.82, 2.24) is 4.90 Å². The molecule has 0 heterocycles. The van der Waals surface area contributed by atoms with Gasteiger partial charge in [-0.2, -0.15) is 0 Å². The van der Waals surface area contributed by atoms with Gasteiger partial charge in [0.25, 0.3) is 0 Å². The van der Waals surface area contributed by atoms with Gasteiger partial charge >= 0.3 is 12.1 Å². The molecule has 2 amide bonds. The Kier molecular flexibility index (Phi) is 6.76. The first-order valence-electron chi connectivity index (χ1n) is 7.73. The maximum atomic E-state index is 12.1. The lowest BCUT2D eigenvalue weighted by molar-refractivity contribution is -0.117. The number of carbonyl (C=O) groups is 3. The second-order valence-electron chi connectivity index (χ2n) is 6.34. The van der Waals surface area contributed by atoms with Crippen LogP contribution in [0.4, 0.5) is 10.5 Å². The number of carboxylic acids is 1. The lowest BCUT2D eigenvalue weighted by Crippen LogP contribution is -2.41. The minimum atomic E-state index is -1.08. The van der Waals surface area contributed by atoms with Gasteiger partial charge in [-0.05, 0) is 45.4 Å². The number of ether oxygens (including phenoxy) is 1. The highest BCUT2D eigenvalue weighted by atomic mass is 16.6. The lowest BCUT2D eigenvalue weighted by Gasteiger charge is -2.26. The summed E-state index contributed by atoms with van der Waals surface area (Å²) in [5, 5.41) is 11.5. The predicted octanol–water partition coefficient (Wildman–Crippen LogP) is 2.97.